The summed E-state index contributed by atoms with van der Waals surface area (Å²) in [6.45, 7) is 8.38. The lowest BCUT2D eigenvalue weighted by atomic mass is 9.96. The number of aliphatic hydroxyl groups excluding tert-OH is 1. The molecule has 0 saturated heterocycles. The second-order valence-electron chi connectivity index (χ2n) is 6.61. The van der Waals surface area contributed by atoms with Crippen LogP contribution < -0.4 is 4.90 Å². The van der Waals surface area contributed by atoms with E-state index in [0.717, 1.165) is 4.52 Å². The molecule has 0 fully saturated rings. The van der Waals surface area contributed by atoms with Crippen LogP contribution in [-0.2, 0) is 6.18 Å². The van der Waals surface area contributed by atoms with Gasteiger partial charge in [0.2, 0.25) is 0 Å². The maximum absolute atomic E-state index is 12.9. The van der Waals surface area contributed by atoms with E-state index in [-0.39, 0.29) is 24.3 Å². The predicted molar refractivity (Wildman–Crippen MR) is 79.3 cm³/mol. The number of rotatable bonds is 4. The van der Waals surface area contributed by atoms with Crippen LogP contribution in [0.2, 0.25) is 0 Å². The summed E-state index contributed by atoms with van der Waals surface area (Å²) >= 11 is 0. The summed E-state index contributed by atoms with van der Waals surface area (Å²) in [5, 5.41) is 12.8. The lowest BCUT2D eigenvalue weighted by Crippen LogP contribution is -2.36. The van der Waals surface area contributed by atoms with E-state index in [9.17, 15) is 18.3 Å². The maximum atomic E-state index is 12.9. The molecule has 0 radical (unpaired) electrons. The summed E-state index contributed by atoms with van der Waals surface area (Å²) in [6.07, 6.45) is -4.63. The molecule has 0 saturated carbocycles. The number of alkyl halides is 3. The molecule has 2 rings (SSSR count). The van der Waals surface area contributed by atoms with Crippen molar-refractivity contribution < 1.29 is 18.3 Å². The molecular weight excluding hydrogens is 311 g/mol. The molecule has 0 aromatic carbocycles. The van der Waals surface area contributed by atoms with Gasteiger partial charge in [0.1, 0.15) is 5.82 Å². The minimum absolute atomic E-state index is 0.107. The van der Waals surface area contributed by atoms with E-state index >= 15 is 0 Å². The molecule has 0 bridgehead atoms. The zero-order valence-electron chi connectivity index (χ0n) is 13.5. The molecular formula is C14H20F3N5O. The third-order valence-corrected chi connectivity index (χ3v) is 3.03. The highest BCUT2D eigenvalue weighted by atomic mass is 19.4. The van der Waals surface area contributed by atoms with Crippen LogP contribution in [0.15, 0.2) is 6.07 Å². The Kier molecular flexibility index (Phi) is 4.52. The first kappa shape index (κ1) is 17.5. The van der Waals surface area contributed by atoms with Gasteiger partial charge in [-0.1, -0.05) is 20.8 Å². The van der Waals surface area contributed by atoms with Gasteiger partial charge in [0.25, 0.3) is 11.6 Å². The van der Waals surface area contributed by atoms with Crippen molar-refractivity contribution in [2.24, 2.45) is 5.41 Å². The average Bonchev–Trinajstić information content (AvgIpc) is 2.79. The molecule has 0 aliphatic heterocycles. The van der Waals surface area contributed by atoms with Gasteiger partial charge in [-0.3, -0.25) is 0 Å². The normalized spacial score (nSPS) is 12.9. The Labute approximate surface area is 132 Å². The third kappa shape index (κ3) is 4.10. The minimum atomic E-state index is -4.63. The summed E-state index contributed by atoms with van der Waals surface area (Å²) < 4.78 is 39.7. The zero-order valence-corrected chi connectivity index (χ0v) is 13.5. The van der Waals surface area contributed by atoms with Gasteiger partial charge in [0.05, 0.1) is 6.61 Å². The Hall–Kier alpha value is -1.90. The van der Waals surface area contributed by atoms with E-state index in [0.29, 0.717) is 18.1 Å². The van der Waals surface area contributed by atoms with Crippen molar-refractivity contribution in [3.8, 4) is 0 Å². The topological polar surface area (TPSA) is 66.5 Å². The first-order valence-electron chi connectivity index (χ1n) is 7.19. The van der Waals surface area contributed by atoms with E-state index in [2.05, 4.69) is 15.1 Å². The molecule has 0 aliphatic rings. The Morgan fingerprint density at radius 2 is 1.87 bits per heavy atom. The molecule has 2 heterocycles. The molecule has 0 spiro atoms. The van der Waals surface area contributed by atoms with Gasteiger partial charge in [-0.25, -0.2) is 4.98 Å². The van der Waals surface area contributed by atoms with Crippen LogP contribution in [0.5, 0.6) is 0 Å². The Balaban J connectivity index is 2.58. The standard InChI is InChI=1S/C14H20F3N5O/c1-9-7-10(21(5-6-23)8-13(2,3)4)22-12(18-9)19-11(20-22)14(15,16)17/h7,23H,5-6,8H2,1-4H3. The summed E-state index contributed by atoms with van der Waals surface area (Å²) in [5.74, 6) is -0.903. The molecule has 0 amide bonds. The smallest absolute Gasteiger partial charge is 0.395 e. The van der Waals surface area contributed by atoms with E-state index in [1.807, 2.05) is 20.8 Å². The second kappa shape index (κ2) is 5.95. The number of anilines is 1. The summed E-state index contributed by atoms with van der Waals surface area (Å²) in [7, 11) is 0. The molecule has 1 N–H and O–H groups in total. The number of aromatic nitrogens is 4. The molecule has 23 heavy (non-hydrogen) atoms. The first-order valence-corrected chi connectivity index (χ1v) is 7.19. The van der Waals surface area contributed by atoms with Gasteiger partial charge in [0.15, 0.2) is 0 Å². The van der Waals surface area contributed by atoms with Gasteiger partial charge >= 0.3 is 6.18 Å². The minimum Gasteiger partial charge on any atom is -0.395 e. The number of fused-ring (bicyclic) bond motifs is 1. The number of halogens is 3. The molecule has 2 aromatic rings. The highest BCUT2D eigenvalue weighted by Crippen LogP contribution is 2.28. The van der Waals surface area contributed by atoms with Crippen molar-refractivity contribution >= 4 is 11.6 Å². The van der Waals surface area contributed by atoms with Crippen molar-refractivity contribution in [2.45, 2.75) is 33.9 Å². The predicted octanol–water partition coefficient (Wildman–Crippen LogP) is 2.30. The van der Waals surface area contributed by atoms with Gasteiger partial charge in [-0.15, -0.1) is 5.10 Å². The molecule has 0 atom stereocenters. The van der Waals surface area contributed by atoms with Crippen molar-refractivity contribution in [1.82, 2.24) is 19.6 Å². The van der Waals surface area contributed by atoms with Crippen LogP contribution >= 0.6 is 0 Å². The monoisotopic (exact) mass is 331 g/mol. The lowest BCUT2D eigenvalue weighted by Gasteiger charge is -2.31. The molecule has 128 valence electrons. The number of nitrogens with zero attached hydrogens (tertiary/aromatic N) is 5. The molecule has 0 unspecified atom stereocenters. The maximum Gasteiger partial charge on any atom is 0.453 e. The second-order valence-corrected chi connectivity index (χ2v) is 6.61. The Morgan fingerprint density at radius 3 is 2.39 bits per heavy atom. The van der Waals surface area contributed by atoms with Crippen molar-refractivity contribution in [2.75, 3.05) is 24.6 Å². The van der Waals surface area contributed by atoms with Gasteiger partial charge < -0.3 is 10.0 Å². The van der Waals surface area contributed by atoms with E-state index in [1.165, 1.54) is 0 Å². The molecule has 6 nitrogen and oxygen atoms in total. The first-order chi connectivity index (χ1) is 10.5. The van der Waals surface area contributed by atoms with E-state index < -0.39 is 12.0 Å². The fourth-order valence-electron chi connectivity index (χ4n) is 2.28. The molecule has 2 aromatic heterocycles. The average molecular weight is 331 g/mol. The molecule has 0 aliphatic carbocycles. The Bertz CT molecular complexity index is 690. The largest absolute Gasteiger partial charge is 0.453 e. The summed E-state index contributed by atoms with van der Waals surface area (Å²) in [6, 6.07) is 1.64. The number of aliphatic hydroxyl groups is 1. The van der Waals surface area contributed by atoms with Crippen LogP contribution in [0.25, 0.3) is 5.78 Å². The SMILES string of the molecule is Cc1cc(N(CCO)CC(C)(C)C)n2nc(C(F)(F)F)nc2n1. The number of aryl methyl sites for hydroxylation is 1. The number of hydrogen-bond acceptors (Lipinski definition) is 5. The zero-order chi connectivity index (χ0) is 17.4. The van der Waals surface area contributed by atoms with Crippen LogP contribution in [0.4, 0.5) is 19.0 Å². The fraction of sp³-hybridized carbons (Fsp3) is 0.643. The highest BCUT2D eigenvalue weighted by Gasteiger charge is 2.37. The number of hydrogen-bond donors (Lipinski definition) is 1. The lowest BCUT2D eigenvalue weighted by molar-refractivity contribution is -0.144. The summed E-state index contributed by atoms with van der Waals surface area (Å²) in [5.41, 5.74) is 0.414. The van der Waals surface area contributed by atoms with Crippen molar-refractivity contribution in [3.05, 3.63) is 17.6 Å². The van der Waals surface area contributed by atoms with Crippen LogP contribution in [0, 0.1) is 12.3 Å². The Morgan fingerprint density at radius 1 is 1.22 bits per heavy atom. The van der Waals surface area contributed by atoms with Crippen LogP contribution in [0.3, 0.4) is 0 Å². The summed E-state index contributed by atoms with van der Waals surface area (Å²) in [4.78, 5) is 9.27. The highest BCUT2D eigenvalue weighted by molar-refractivity contribution is 5.48. The van der Waals surface area contributed by atoms with E-state index in [4.69, 9.17) is 0 Å². The third-order valence-electron chi connectivity index (χ3n) is 3.03. The van der Waals surface area contributed by atoms with Gasteiger partial charge in [0, 0.05) is 24.8 Å². The van der Waals surface area contributed by atoms with E-state index in [1.54, 1.807) is 17.9 Å². The fourth-order valence-corrected chi connectivity index (χ4v) is 2.28. The van der Waals surface area contributed by atoms with Crippen LogP contribution in [-0.4, -0.2) is 44.4 Å². The van der Waals surface area contributed by atoms with Crippen molar-refractivity contribution in [3.63, 3.8) is 0 Å². The van der Waals surface area contributed by atoms with Gasteiger partial charge in [-0.05, 0) is 12.3 Å². The van der Waals surface area contributed by atoms with Crippen molar-refractivity contribution in [1.29, 1.82) is 0 Å². The molecule has 9 heteroatoms. The van der Waals surface area contributed by atoms with Gasteiger partial charge in [-0.2, -0.15) is 22.7 Å². The quantitative estimate of drug-likeness (QED) is 0.931. The van der Waals surface area contributed by atoms with Crippen LogP contribution in [0.1, 0.15) is 32.3 Å².